The van der Waals surface area contributed by atoms with E-state index in [1.165, 1.54) is 24.3 Å². The average molecular weight is 305 g/mol. The molecule has 0 N–H and O–H groups in total. The zero-order valence-electron chi connectivity index (χ0n) is 10.8. The summed E-state index contributed by atoms with van der Waals surface area (Å²) in [5, 5.41) is 10.5. The number of nitro groups is 1. The Morgan fingerprint density at radius 3 is 2.42 bits per heavy atom. The maximum atomic E-state index is 12.3. The summed E-state index contributed by atoms with van der Waals surface area (Å²) >= 11 is 1.13. The van der Waals surface area contributed by atoms with Crippen LogP contribution in [0.5, 0.6) is 5.75 Å². The number of nitrogens with zero attached hydrogens (tertiary/aromatic N) is 1. The Morgan fingerprint density at radius 2 is 1.95 bits per heavy atom. The summed E-state index contributed by atoms with van der Waals surface area (Å²) in [5.74, 6) is 0.954. The molecule has 19 heavy (non-hydrogen) atoms. The first-order valence-corrected chi connectivity index (χ1v) is 8.97. The molecule has 1 atom stereocenters. The van der Waals surface area contributed by atoms with E-state index in [1.807, 2.05) is 6.92 Å². The minimum absolute atomic E-state index is 0.0418. The molecule has 1 aromatic carbocycles. The molecule has 1 aromatic rings. The van der Waals surface area contributed by atoms with E-state index in [-0.39, 0.29) is 12.3 Å². The molecule has 1 unspecified atom stereocenters. The van der Waals surface area contributed by atoms with Crippen LogP contribution >= 0.6 is 18.2 Å². The lowest BCUT2D eigenvalue weighted by atomic mass is 10.3. The van der Waals surface area contributed by atoms with E-state index in [0.29, 0.717) is 11.5 Å². The van der Waals surface area contributed by atoms with Gasteiger partial charge in [0.25, 0.3) is 5.69 Å². The molecule has 0 bridgehead atoms. The van der Waals surface area contributed by atoms with Crippen LogP contribution in [0.2, 0.25) is 0 Å². The number of hydrogen-bond donors (Lipinski definition) is 0. The van der Waals surface area contributed by atoms with Crippen LogP contribution in [0.3, 0.4) is 0 Å². The second-order valence-electron chi connectivity index (χ2n) is 3.54. The summed E-state index contributed by atoms with van der Waals surface area (Å²) in [5.41, 5.74) is -0.0418. The van der Waals surface area contributed by atoms with Crippen molar-refractivity contribution in [3.8, 4) is 5.75 Å². The van der Waals surface area contributed by atoms with Crippen LogP contribution in [-0.2, 0) is 9.09 Å². The van der Waals surface area contributed by atoms with Gasteiger partial charge in [-0.2, -0.15) is 0 Å². The Morgan fingerprint density at radius 1 is 1.32 bits per heavy atom. The molecule has 1 rings (SSSR count). The van der Waals surface area contributed by atoms with E-state index < -0.39 is 11.7 Å². The molecular formula is C11H16NO5PS. The quantitative estimate of drug-likeness (QED) is 0.405. The fourth-order valence-electron chi connectivity index (χ4n) is 1.21. The fourth-order valence-corrected chi connectivity index (χ4v) is 4.67. The van der Waals surface area contributed by atoms with Gasteiger partial charge >= 0.3 is 6.80 Å². The largest absolute Gasteiger partial charge is 0.440 e. The van der Waals surface area contributed by atoms with Crippen LogP contribution in [0.15, 0.2) is 24.3 Å². The molecule has 0 amide bonds. The first kappa shape index (κ1) is 16.0. The van der Waals surface area contributed by atoms with Crippen LogP contribution in [0.4, 0.5) is 5.69 Å². The molecule has 0 aromatic heterocycles. The average Bonchev–Trinajstić information content (AvgIpc) is 2.37. The predicted molar refractivity (Wildman–Crippen MR) is 75.7 cm³/mol. The SMILES string of the molecule is CCCSP(=O)(OCC)Oc1ccc([N+](=O)[O-])cc1. The molecule has 0 radical (unpaired) electrons. The lowest BCUT2D eigenvalue weighted by Gasteiger charge is -2.17. The van der Waals surface area contributed by atoms with E-state index in [1.54, 1.807) is 6.92 Å². The van der Waals surface area contributed by atoms with E-state index in [0.717, 1.165) is 17.8 Å². The lowest BCUT2D eigenvalue weighted by Crippen LogP contribution is -1.96. The highest BCUT2D eigenvalue weighted by atomic mass is 32.7. The Bertz CT molecular complexity index is 465. The summed E-state index contributed by atoms with van der Waals surface area (Å²) in [7, 11) is 0. The van der Waals surface area contributed by atoms with Crippen molar-refractivity contribution in [1.29, 1.82) is 0 Å². The molecule has 0 aliphatic heterocycles. The van der Waals surface area contributed by atoms with Gasteiger partial charge in [-0.3, -0.25) is 14.6 Å². The highest BCUT2D eigenvalue weighted by Gasteiger charge is 2.26. The third kappa shape index (κ3) is 5.22. The number of nitro benzene ring substituents is 1. The summed E-state index contributed by atoms with van der Waals surface area (Å²) in [6.45, 7) is 0.731. The fraction of sp³-hybridized carbons (Fsp3) is 0.455. The van der Waals surface area contributed by atoms with E-state index >= 15 is 0 Å². The minimum Gasteiger partial charge on any atom is -0.417 e. The van der Waals surface area contributed by atoms with Gasteiger partial charge < -0.3 is 4.52 Å². The van der Waals surface area contributed by atoms with Gasteiger partial charge in [0.15, 0.2) is 0 Å². The Labute approximate surface area is 115 Å². The van der Waals surface area contributed by atoms with Crippen molar-refractivity contribution in [1.82, 2.24) is 0 Å². The van der Waals surface area contributed by atoms with Crippen molar-refractivity contribution in [2.75, 3.05) is 12.4 Å². The third-order valence-corrected chi connectivity index (χ3v) is 5.96. The van der Waals surface area contributed by atoms with Crippen molar-refractivity contribution < 1.29 is 18.5 Å². The number of hydrogen-bond acceptors (Lipinski definition) is 6. The number of rotatable bonds is 8. The highest BCUT2D eigenvalue weighted by molar-refractivity contribution is 8.55. The molecule has 0 aliphatic rings. The summed E-state index contributed by atoms with van der Waals surface area (Å²) in [4.78, 5) is 10.0. The molecular weight excluding hydrogens is 289 g/mol. The van der Waals surface area contributed by atoms with Crippen molar-refractivity contribution in [2.45, 2.75) is 20.3 Å². The Kier molecular flexibility index (Phi) is 6.34. The van der Waals surface area contributed by atoms with Crippen LogP contribution in [0, 0.1) is 10.1 Å². The lowest BCUT2D eigenvalue weighted by molar-refractivity contribution is -0.384. The zero-order valence-corrected chi connectivity index (χ0v) is 12.5. The zero-order chi connectivity index (χ0) is 14.3. The van der Waals surface area contributed by atoms with Gasteiger partial charge in [-0.15, -0.1) is 0 Å². The Hall–Kier alpha value is -1.04. The molecule has 0 aliphatic carbocycles. The van der Waals surface area contributed by atoms with E-state index in [2.05, 4.69) is 0 Å². The molecule has 0 spiro atoms. The van der Waals surface area contributed by atoms with Crippen molar-refractivity contribution >= 4 is 23.9 Å². The monoisotopic (exact) mass is 305 g/mol. The van der Waals surface area contributed by atoms with Crippen molar-refractivity contribution in [3.63, 3.8) is 0 Å². The Balaban J connectivity index is 2.78. The van der Waals surface area contributed by atoms with Gasteiger partial charge in [0, 0.05) is 17.9 Å². The molecule has 8 heteroatoms. The van der Waals surface area contributed by atoms with Gasteiger partial charge in [0.2, 0.25) is 0 Å². The van der Waals surface area contributed by atoms with Gasteiger partial charge in [-0.25, -0.2) is 4.57 Å². The summed E-state index contributed by atoms with van der Waals surface area (Å²) in [6, 6.07) is 5.43. The van der Waals surface area contributed by atoms with Gasteiger partial charge in [0.1, 0.15) is 5.75 Å². The molecule has 6 nitrogen and oxygen atoms in total. The standard InChI is InChI=1S/C11H16NO5PS/c1-3-9-19-18(15,16-4-2)17-11-7-5-10(6-8-11)12(13)14/h5-8H,3-4,9H2,1-2H3. The van der Waals surface area contributed by atoms with Crippen molar-refractivity contribution in [2.24, 2.45) is 0 Å². The highest BCUT2D eigenvalue weighted by Crippen LogP contribution is 2.60. The molecule has 0 heterocycles. The third-order valence-electron chi connectivity index (χ3n) is 2.01. The van der Waals surface area contributed by atoms with Gasteiger partial charge in [-0.05, 0) is 36.9 Å². The molecule has 0 saturated heterocycles. The smallest absolute Gasteiger partial charge is 0.417 e. The van der Waals surface area contributed by atoms with Crippen LogP contribution in [0.1, 0.15) is 20.3 Å². The van der Waals surface area contributed by atoms with Crippen molar-refractivity contribution in [3.05, 3.63) is 34.4 Å². The number of non-ortho nitro benzene ring substituents is 1. The van der Waals surface area contributed by atoms with Crippen LogP contribution < -0.4 is 4.52 Å². The first-order valence-electron chi connectivity index (χ1n) is 5.84. The van der Waals surface area contributed by atoms with Crippen LogP contribution in [-0.4, -0.2) is 17.3 Å². The predicted octanol–water partition coefficient (Wildman–Crippen LogP) is 4.26. The normalized spacial score (nSPS) is 13.8. The molecule has 0 fully saturated rings. The van der Waals surface area contributed by atoms with E-state index in [4.69, 9.17) is 9.05 Å². The maximum Gasteiger partial charge on any atom is 0.440 e. The second-order valence-corrected chi connectivity index (χ2v) is 7.66. The molecule has 0 saturated carbocycles. The topological polar surface area (TPSA) is 78.7 Å². The summed E-state index contributed by atoms with van der Waals surface area (Å²) < 4.78 is 22.9. The van der Waals surface area contributed by atoms with Gasteiger partial charge in [-0.1, -0.05) is 6.92 Å². The van der Waals surface area contributed by atoms with E-state index in [9.17, 15) is 14.7 Å². The maximum absolute atomic E-state index is 12.3. The summed E-state index contributed by atoms with van der Waals surface area (Å²) in [6.07, 6.45) is 0.853. The minimum atomic E-state index is -3.25. The second kappa shape index (κ2) is 7.53. The number of benzene rings is 1. The first-order chi connectivity index (χ1) is 9.00. The van der Waals surface area contributed by atoms with Gasteiger partial charge in [0.05, 0.1) is 11.5 Å². The molecule has 106 valence electrons. The van der Waals surface area contributed by atoms with Crippen LogP contribution in [0.25, 0.3) is 0 Å².